The minimum atomic E-state index is 0.890. The first kappa shape index (κ1) is 8.20. The molecule has 1 aliphatic heterocycles. The number of rotatable bonds is 0. The van der Waals surface area contributed by atoms with Crippen molar-refractivity contribution in [2.45, 2.75) is 25.2 Å². The quantitative estimate of drug-likeness (QED) is 0.676. The summed E-state index contributed by atoms with van der Waals surface area (Å²) in [6, 6.07) is 8.95. The van der Waals surface area contributed by atoms with Crippen LogP contribution in [0, 0.1) is 17.8 Å². The molecule has 0 saturated heterocycles. The van der Waals surface area contributed by atoms with Crippen LogP contribution in [-0.4, -0.2) is 6.54 Å². The second kappa shape index (κ2) is 2.78. The lowest BCUT2D eigenvalue weighted by molar-refractivity contribution is 0.294. The molecule has 1 aromatic rings. The Hall–Kier alpha value is -0.980. The Morgan fingerprint density at radius 2 is 1.93 bits per heavy atom. The standard InChI is InChI=1S/C14H17N/c1-2-4-13-11(3-1)14-10-6-5-9(7-10)12(14)8-15-13/h1-4,9-10,12,14-15H,5-8H2/t9-,10+,12-,14-/m0/s1. The largest absolute Gasteiger partial charge is 0.385 e. The van der Waals surface area contributed by atoms with Gasteiger partial charge in [-0.3, -0.25) is 0 Å². The molecule has 15 heavy (non-hydrogen) atoms. The lowest BCUT2D eigenvalue weighted by atomic mass is 9.73. The van der Waals surface area contributed by atoms with Gasteiger partial charge >= 0.3 is 0 Å². The van der Waals surface area contributed by atoms with Crippen LogP contribution < -0.4 is 5.32 Å². The summed E-state index contributed by atoms with van der Waals surface area (Å²) in [5.41, 5.74) is 3.02. The van der Waals surface area contributed by atoms with Crippen molar-refractivity contribution >= 4 is 5.69 Å². The van der Waals surface area contributed by atoms with Crippen molar-refractivity contribution in [1.29, 1.82) is 0 Å². The maximum atomic E-state index is 3.62. The molecule has 0 radical (unpaired) electrons. The molecule has 4 rings (SSSR count). The van der Waals surface area contributed by atoms with Gasteiger partial charge in [0.25, 0.3) is 0 Å². The van der Waals surface area contributed by atoms with Gasteiger partial charge in [0.1, 0.15) is 0 Å². The average Bonchev–Trinajstić information content (AvgIpc) is 2.89. The molecule has 0 aromatic heterocycles. The Labute approximate surface area is 90.9 Å². The summed E-state index contributed by atoms with van der Waals surface area (Å²) in [4.78, 5) is 0. The molecule has 0 unspecified atom stereocenters. The highest BCUT2D eigenvalue weighted by molar-refractivity contribution is 5.56. The van der Waals surface area contributed by atoms with Crippen LogP contribution in [0.25, 0.3) is 0 Å². The predicted octanol–water partition coefficient (Wildman–Crippen LogP) is 3.24. The number of para-hydroxylation sites is 1. The molecule has 4 atom stereocenters. The minimum absolute atomic E-state index is 0.890. The molecule has 78 valence electrons. The number of benzene rings is 1. The summed E-state index contributed by atoms with van der Waals surface area (Å²) in [7, 11) is 0. The summed E-state index contributed by atoms with van der Waals surface area (Å²) in [6.45, 7) is 1.23. The highest BCUT2D eigenvalue weighted by atomic mass is 14.9. The van der Waals surface area contributed by atoms with Crippen molar-refractivity contribution in [3.05, 3.63) is 29.8 Å². The molecule has 2 fully saturated rings. The third-order valence-corrected chi connectivity index (χ3v) is 4.94. The minimum Gasteiger partial charge on any atom is -0.385 e. The smallest absolute Gasteiger partial charge is 0.0375 e. The Kier molecular flexibility index (Phi) is 1.52. The molecule has 1 nitrogen and oxygen atoms in total. The van der Waals surface area contributed by atoms with Gasteiger partial charge in [-0.2, -0.15) is 0 Å². The monoisotopic (exact) mass is 199 g/mol. The van der Waals surface area contributed by atoms with E-state index >= 15 is 0 Å². The Morgan fingerprint density at radius 3 is 2.93 bits per heavy atom. The number of fused-ring (bicyclic) bond motifs is 7. The van der Waals surface area contributed by atoms with E-state index in [-0.39, 0.29) is 0 Å². The van der Waals surface area contributed by atoms with Crippen LogP contribution in [0.1, 0.15) is 30.7 Å². The lowest BCUT2D eigenvalue weighted by Gasteiger charge is -2.37. The van der Waals surface area contributed by atoms with E-state index in [9.17, 15) is 0 Å². The zero-order valence-electron chi connectivity index (χ0n) is 8.95. The van der Waals surface area contributed by atoms with Crippen molar-refractivity contribution in [2.75, 3.05) is 11.9 Å². The van der Waals surface area contributed by atoms with Gasteiger partial charge in [0.2, 0.25) is 0 Å². The Morgan fingerprint density at radius 1 is 1.07 bits per heavy atom. The van der Waals surface area contributed by atoms with Crippen molar-refractivity contribution in [3.63, 3.8) is 0 Å². The molecule has 0 spiro atoms. The molecule has 0 amide bonds. The molecule has 1 aromatic carbocycles. The van der Waals surface area contributed by atoms with E-state index < -0.39 is 0 Å². The van der Waals surface area contributed by atoms with Gasteiger partial charge in [-0.1, -0.05) is 18.2 Å². The summed E-state index contributed by atoms with van der Waals surface area (Å²) in [6.07, 6.45) is 4.49. The van der Waals surface area contributed by atoms with Crippen molar-refractivity contribution in [3.8, 4) is 0 Å². The SMILES string of the molecule is c1ccc2c(c1)NC[C@H]1[C@H]3CC[C@H](C3)[C@@H]21. The third-order valence-electron chi connectivity index (χ3n) is 4.94. The van der Waals surface area contributed by atoms with E-state index in [0.717, 1.165) is 23.7 Å². The number of anilines is 1. The molecule has 2 aliphatic carbocycles. The molecule has 2 bridgehead atoms. The van der Waals surface area contributed by atoms with Gasteiger partial charge in [0, 0.05) is 12.2 Å². The summed E-state index contributed by atoms with van der Waals surface area (Å²) < 4.78 is 0. The van der Waals surface area contributed by atoms with Gasteiger partial charge in [0.15, 0.2) is 0 Å². The van der Waals surface area contributed by atoms with Crippen LogP contribution in [0.5, 0.6) is 0 Å². The summed E-state index contributed by atoms with van der Waals surface area (Å²) in [5.74, 6) is 3.86. The maximum absolute atomic E-state index is 3.62. The molecule has 1 N–H and O–H groups in total. The van der Waals surface area contributed by atoms with Crippen molar-refractivity contribution < 1.29 is 0 Å². The predicted molar refractivity (Wildman–Crippen MR) is 62.0 cm³/mol. The molecule has 2 saturated carbocycles. The topological polar surface area (TPSA) is 12.0 Å². The van der Waals surface area contributed by atoms with Crippen LogP contribution in [0.2, 0.25) is 0 Å². The zero-order valence-corrected chi connectivity index (χ0v) is 8.95. The van der Waals surface area contributed by atoms with E-state index in [1.165, 1.54) is 31.5 Å². The molecule has 3 aliphatic rings. The summed E-state index contributed by atoms with van der Waals surface area (Å²) >= 11 is 0. The fourth-order valence-electron chi connectivity index (χ4n) is 4.37. The van der Waals surface area contributed by atoms with Gasteiger partial charge in [-0.15, -0.1) is 0 Å². The van der Waals surface area contributed by atoms with E-state index in [4.69, 9.17) is 0 Å². The lowest BCUT2D eigenvalue weighted by Crippen LogP contribution is -2.31. The van der Waals surface area contributed by atoms with Crippen LogP contribution in [0.15, 0.2) is 24.3 Å². The van der Waals surface area contributed by atoms with Gasteiger partial charge in [-0.05, 0) is 54.6 Å². The maximum Gasteiger partial charge on any atom is 0.0375 e. The molecular weight excluding hydrogens is 182 g/mol. The second-order valence-electron chi connectivity index (χ2n) is 5.49. The fraction of sp³-hybridized carbons (Fsp3) is 0.571. The van der Waals surface area contributed by atoms with Crippen LogP contribution in [-0.2, 0) is 0 Å². The Balaban J connectivity index is 1.83. The normalized spacial score (nSPS) is 40.8. The van der Waals surface area contributed by atoms with Crippen molar-refractivity contribution in [1.82, 2.24) is 0 Å². The second-order valence-corrected chi connectivity index (χ2v) is 5.49. The van der Waals surface area contributed by atoms with Gasteiger partial charge in [0.05, 0.1) is 0 Å². The molecule has 1 heteroatoms. The first-order chi connectivity index (χ1) is 7.43. The average molecular weight is 199 g/mol. The van der Waals surface area contributed by atoms with Crippen LogP contribution in [0.4, 0.5) is 5.69 Å². The highest BCUT2D eigenvalue weighted by Gasteiger charge is 2.49. The first-order valence-corrected chi connectivity index (χ1v) is 6.26. The highest BCUT2D eigenvalue weighted by Crippen LogP contribution is 2.59. The molecule has 1 heterocycles. The van der Waals surface area contributed by atoms with Crippen molar-refractivity contribution in [2.24, 2.45) is 17.8 Å². The van der Waals surface area contributed by atoms with Crippen LogP contribution >= 0.6 is 0 Å². The Bertz CT molecular complexity index is 398. The van der Waals surface area contributed by atoms with E-state index in [2.05, 4.69) is 29.6 Å². The first-order valence-electron chi connectivity index (χ1n) is 6.26. The number of hydrogen-bond donors (Lipinski definition) is 1. The molecular formula is C14H17N. The van der Waals surface area contributed by atoms with Gasteiger partial charge < -0.3 is 5.32 Å². The number of nitrogens with one attached hydrogen (secondary N) is 1. The van der Waals surface area contributed by atoms with Crippen LogP contribution in [0.3, 0.4) is 0 Å². The zero-order chi connectivity index (χ0) is 9.83. The van der Waals surface area contributed by atoms with E-state index in [1.54, 1.807) is 5.56 Å². The van der Waals surface area contributed by atoms with Gasteiger partial charge in [-0.25, -0.2) is 0 Å². The fourth-order valence-corrected chi connectivity index (χ4v) is 4.37. The number of hydrogen-bond acceptors (Lipinski definition) is 1. The summed E-state index contributed by atoms with van der Waals surface area (Å²) in [5, 5.41) is 3.62. The van der Waals surface area contributed by atoms with E-state index in [0.29, 0.717) is 0 Å². The van der Waals surface area contributed by atoms with E-state index in [1.807, 2.05) is 0 Å². The third kappa shape index (κ3) is 0.987.